The van der Waals surface area contributed by atoms with Crippen LogP contribution in [-0.2, 0) is 14.3 Å². The summed E-state index contributed by atoms with van der Waals surface area (Å²) in [5.74, 6) is 1.10. The van der Waals surface area contributed by atoms with Crippen LogP contribution < -0.4 is 10.2 Å². The normalized spacial score (nSPS) is 19.8. The van der Waals surface area contributed by atoms with Gasteiger partial charge in [0, 0.05) is 104 Å². The van der Waals surface area contributed by atoms with Crippen molar-refractivity contribution in [1.29, 1.82) is 0 Å². The molecule has 250 valence electrons. The third kappa shape index (κ3) is 6.36. The van der Waals surface area contributed by atoms with Crippen molar-refractivity contribution in [2.75, 3.05) is 63.1 Å². The Labute approximate surface area is 284 Å². The van der Waals surface area contributed by atoms with Crippen molar-refractivity contribution in [2.24, 2.45) is 0 Å². The molecule has 0 bridgehead atoms. The molecule has 2 amide bonds. The molecule has 3 fully saturated rings. The average Bonchev–Trinajstić information content (AvgIpc) is 3.79. The highest BCUT2D eigenvalue weighted by molar-refractivity contribution is 6.01. The summed E-state index contributed by atoms with van der Waals surface area (Å²) in [6, 6.07) is 19.9. The van der Waals surface area contributed by atoms with Gasteiger partial charge in [-0.05, 0) is 79.9 Å². The van der Waals surface area contributed by atoms with Crippen LogP contribution in [0.4, 0.5) is 11.4 Å². The van der Waals surface area contributed by atoms with E-state index in [1.165, 1.54) is 12.8 Å². The summed E-state index contributed by atoms with van der Waals surface area (Å²) in [5, 5.41) is 11.7. The van der Waals surface area contributed by atoms with E-state index in [4.69, 9.17) is 4.74 Å². The van der Waals surface area contributed by atoms with Crippen LogP contribution in [0.3, 0.4) is 0 Å². The maximum Gasteiger partial charge on any atom is 0.258 e. The topological polar surface area (TPSA) is 132 Å². The van der Waals surface area contributed by atoms with Crippen molar-refractivity contribution in [1.82, 2.24) is 34.9 Å². The van der Waals surface area contributed by atoms with Gasteiger partial charge in [-0.15, -0.1) is 0 Å². The zero-order chi connectivity index (χ0) is 33.4. The molecule has 12 nitrogen and oxygen atoms in total. The fraction of sp³-hybridized carbons (Fsp3) is 0.351. The lowest BCUT2D eigenvalue weighted by Gasteiger charge is -2.37. The molecular weight excluding hydrogens is 618 g/mol. The van der Waals surface area contributed by atoms with Gasteiger partial charge < -0.3 is 19.9 Å². The summed E-state index contributed by atoms with van der Waals surface area (Å²) in [7, 11) is 1.57. The van der Waals surface area contributed by atoms with Gasteiger partial charge in [0.25, 0.3) is 5.91 Å². The summed E-state index contributed by atoms with van der Waals surface area (Å²) < 4.78 is 5.88. The van der Waals surface area contributed by atoms with E-state index < -0.39 is 5.60 Å². The first-order valence-corrected chi connectivity index (χ1v) is 16.9. The summed E-state index contributed by atoms with van der Waals surface area (Å²) in [6.07, 6.45) is 8.19. The molecule has 3 aliphatic rings. The monoisotopic (exact) mass is 657 g/mol. The van der Waals surface area contributed by atoms with Crippen LogP contribution in [0.1, 0.15) is 30.9 Å². The van der Waals surface area contributed by atoms with Crippen LogP contribution in [0.5, 0.6) is 0 Å². The molecule has 2 saturated heterocycles. The molecule has 1 aliphatic carbocycles. The highest BCUT2D eigenvalue weighted by atomic mass is 16.5. The highest BCUT2D eigenvalue weighted by Gasteiger charge is 2.45. The largest absolute Gasteiger partial charge is 0.368 e. The number of amides is 2. The fourth-order valence-corrected chi connectivity index (χ4v) is 6.97. The number of aromatic amines is 1. The second-order valence-electron chi connectivity index (χ2n) is 13.2. The lowest BCUT2D eigenvalue weighted by Crippen LogP contribution is -2.52. The Balaban J connectivity index is 0.868. The van der Waals surface area contributed by atoms with Crippen molar-refractivity contribution < 1.29 is 14.3 Å². The third-order valence-corrected chi connectivity index (χ3v) is 10.0. The molecular formula is C37H39N9O3. The maximum absolute atomic E-state index is 13.7. The number of benzene rings is 2. The first kappa shape index (κ1) is 31.1. The van der Waals surface area contributed by atoms with Gasteiger partial charge in [-0.25, -0.2) is 9.97 Å². The van der Waals surface area contributed by atoms with Crippen LogP contribution in [0.15, 0.2) is 79.3 Å². The van der Waals surface area contributed by atoms with E-state index in [1.807, 2.05) is 52.4 Å². The number of carbonyl (C=O) groups excluding carboxylic acids is 2. The number of nitrogens with zero attached hydrogens (tertiary/aromatic N) is 7. The molecule has 2 N–H and O–H groups in total. The number of nitrogens with one attached hydrogen (secondary N) is 2. The lowest BCUT2D eigenvalue weighted by atomic mass is 10.0. The van der Waals surface area contributed by atoms with E-state index in [2.05, 4.69) is 53.6 Å². The number of piperazine rings is 1. The van der Waals surface area contributed by atoms with Gasteiger partial charge in [-0.1, -0.05) is 0 Å². The number of methoxy groups -OCH3 is 1. The molecule has 8 rings (SSSR count). The molecule has 12 heteroatoms. The molecule has 2 aromatic carbocycles. The molecule has 3 aromatic heterocycles. The van der Waals surface area contributed by atoms with Crippen molar-refractivity contribution in [2.45, 2.75) is 30.8 Å². The van der Waals surface area contributed by atoms with Crippen molar-refractivity contribution >= 4 is 34.1 Å². The van der Waals surface area contributed by atoms with E-state index in [1.54, 1.807) is 25.6 Å². The summed E-state index contributed by atoms with van der Waals surface area (Å²) in [4.78, 5) is 46.5. The first-order chi connectivity index (χ1) is 24.0. The van der Waals surface area contributed by atoms with Crippen molar-refractivity contribution in [3.8, 4) is 22.6 Å². The minimum Gasteiger partial charge on any atom is -0.368 e. The Morgan fingerprint density at radius 1 is 0.918 bits per heavy atom. The SMILES string of the molecule is CO[C@@]1(C(=O)Nc2ccc3[nH]nc(-c4ccnc(C5CC5)c4)c3c2)CCN(CC(=O)N2CCN(c3ccc(-c4ncccn4)cc3)CC2)C1. The predicted molar refractivity (Wildman–Crippen MR) is 187 cm³/mol. The summed E-state index contributed by atoms with van der Waals surface area (Å²) in [6.45, 7) is 3.99. The number of ether oxygens (including phenoxy) is 1. The molecule has 5 aromatic rings. The smallest absolute Gasteiger partial charge is 0.258 e. The van der Waals surface area contributed by atoms with Crippen LogP contribution in [0.25, 0.3) is 33.5 Å². The molecule has 0 radical (unpaired) electrons. The summed E-state index contributed by atoms with van der Waals surface area (Å²) >= 11 is 0. The minimum absolute atomic E-state index is 0.0717. The maximum atomic E-state index is 13.7. The standard InChI is InChI=1S/C37H39N9O3/c1-49-37(36(48)41-28-7-10-31-30(22-28)34(43-42-31)27-11-15-38-32(21-27)25-3-4-25)12-16-44(24-37)23-33(47)46-19-17-45(18-20-46)29-8-5-26(6-9-29)35-39-13-2-14-40-35/h2,5-11,13-15,21-22,25H,3-4,12,16-20,23-24H2,1H3,(H,41,48)(H,42,43)/t37-/m0/s1. The fourth-order valence-electron chi connectivity index (χ4n) is 6.97. The van der Waals surface area contributed by atoms with Gasteiger partial charge in [-0.3, -0.25) is 24.6 Å². The second kappa shape index (κ2) is 13.0. The molecule has 1 saturated carbocycles. The van der Waals surface area contributed by atoms with E-state index >= 15 is 0 Å². The van der Waals surface area contributed by atoms with Gasteiger partial charge in [0.2, 0.25) is 5.91 Å². The number of carbonyl (C=O) groups is 2. The molecule has 1 atom stereocenters. The number of aromatic nitrogens is 5. The minimum atomic E-state index is -1.05. The van der Waals surface area contributed by atoms with E-state index in [0.29, 0.717) is 50.0 Å². The van der Waals surface area contributed by atoms with Crippen molar-refractivity contribution in [3.05, 3.63) is 84.9 Å². The van der Waals surface area contributed by atoms with Gasteiger partial charge >= 0.3 is 0 Å². The van der Waals surface area contributed by atoms with Gasteiger partial charge in [0.05, 0.1) is 12.1 Å². The number of H-pyrrole nitrogens is 1. The lowest BCUT2D eigenvalue weighted by molar-refractivity contribution is -0.138. The van der Waals surface area contributed by atoms with Gasteiger partial charge in [-0.2, -0.15) is 5.10 Å². The Hall–Kier alpha value is -5.20. The van der Waals surface area contributed by atoms with Crippen LogP contribution in [-0.4, -0.2) is 105 Å². The van der Waals surface area contributed by atoms with E-state index in [-0.39, 0.29) is 18.4 Å². The van der Waals surface area contributed by atoms with Crippen LogP contribution in [0.2, 0.25) is 0 Å². The van der Waals surface area contributed by atoms with Gasteiger partial charge in [0.1, 0.15) is 5.69 Å². The molecule has 0 unspecified atom stereocenters. The predicted octanol–water partition coefficient (Wildman–Crippen LogP) is 4.34. The molecule has 5 heterocycles. The Kier molecular flexibility index (Phi) is 8.26. The van der Waals surface area contributed by atoms with E-state index in [9.17, 15) is 9.59 Å². The number of hydrogen-bond acceptors (Lipinski definition) is 9. The number of anilines is 2. The summed E-state index contributed by atoms with van der Waals surface area (Å²) in [5.41, 5.74) is 5.54. The second-order valence-corrected chi connectivity index (χ2v) is 13.2. The number of fused-ring (bicyclic) bond motifs is 1. The molecule has 0 spiro atoms. The first-order valence-electron chi connectivity index (χ1n) is 16.9. The number of pyridine rings is 1. The van der Waals surface area contributed by atoms with Crippen LogP contribution in [0, 0.1) is 0 Å². The third-order valence-electron chi connectivity index (χ3n) is 10.0. The van der Waals surface area contributed by atoms with Crippen molar-refractivity contribution in [3.63, 3.8) is 0 Å². The Morgan fingerprint density at radius 3 is 2.47 bits per heavy atom. The quantitative estimate of drug-likeness (QED) is 0.238. The Bertz CT molecular complexity index is 1970. The zero-order valence-electron chi connectivity index (χ0n) is 27.5. The molecule has 49 heavy (non-hydrogen) atoms. The average molecular weight is 658 g/mol. The number of likely N-dealkylation sites (tertiary alicyclic amines) is 1. The van der Waals surface area contributed by atoms with Gasteiger partial charge in [0.15, 0.2) is 11.4 Å². The molecule has 2 aliphatic heterocycles. The zero-order valence-corrected chi connectivity index (χ0v) is 27.5. The van der Waals surface area contributed by atoms with Crippen LogP contribution >= 0.6 is 0 Å². The number of hydrogen-bond donors (Lipinski definition) is 2. The van der Waals surface area contributed by atoms with E-state index in [0.717, 1.165) is 52.2 Å². The number of rotatable bonds is 9. The highest BCUT2D eigenvalue weighted by Crippen LogP contribution is 2.40. The Morgan fingerprint density at radius 2 is 1.71 bits per heavy atom.